The average molecular weight is 436 g/mol. The fraction of sp³-hybridized carbons (Fsp3) is 0.944. The predicted molar refractivity (Wildman–Crippen MR) is 111 cm³/mol. The Morgan fingerprint density at radius 3 is 2.30 bits per heavy atom. The van der Waals surface area contributed by atoms with E-state index in [1.807, 2.05) is 7.05 Å². The summed E-state index contributed by atoms with van der Waals surface area (Å²) in [5, 5.41) is 7.14. The van der Waals surface area contributed by atoms with Crippen LogP contribution in [0.25, 0.3) is 0 Å². The first-order valence-electron chi connectivity index (χ1n) is 9.40. The van der Waals surface area contributed by atoms with Crippen molar-refractivity contribution in [2.45, 2.75) is 64.8 Å². The molecule has 2 N–H and O–H groups in total. The van der Waals surface area contributed by atoms with E-state index in [9.17, 15) is 0 Å². The summed E-state index contributed by atoms with van der Waals surface area (Å²) >= 11 is 0. The molecular weight excluding hydrogens is 399 g/mol. The number of hydrogen-bond acceptors (Lipinski definition) is 2. The van der Waals surface area contributed by atoms with Crippen molar-refractivity contribution in [2.75, 3.05) is 33.2 Å². The van der Waals surface area contributed by atoms with Crippen LogP contribution < -0.4 is 10.6 Å². The highest BCUT2D eigenvalue weighted by Gasteiger charge is 2.20. The minimum atomic E-state index is 0. The second-order valence-corrected chi connectivity index (χ2v) is 7.27. The molecule has 2 rings (SSSR count). The van der Waals surface area contributed by atoms with E-state index in [1.165, 1.54) is 64.6 Å². The number of rotatable bonds is 5. The molecule has 0 radical (unpaired) electrons. The molecule has 1 saturated heterocycles. The molecule has 23 heavy (non-hydrogen) atoms. The summed E-state index contributed by atoms with van der Waals surface area (Å²) in [5.74, 6) is 2.80. The molecule has 0 amide bonds. The van der Waals surface area contributed by atoms with Gasteiger partial charge in [-0.15, -0.1) is 24.0 Å². The van der Waals surface area contributed by atoms with E-state index in [0.29, 0.717) is 6.04 Å². The Morgan fingerprint density at radius 1 is 1.09 bits per heavy atom. The molecule has 1 aliphatic heterocycles. The fourth-order valence-electron chi connectivity index (χ4n) is 3.78. The average Bonchev–Trinajstić information content (AvgIpc) is 2.56. The van der Waals surface area contributed by atoms with Crippen molar-refractivity contribution in [3.05, 3.63) is 0 Å². The van der Waals surface area contributed by atoms with Crippen molar-refractivity contribution in [2.24, 2.45) is 16.8 Å². The highest BCUT2D eigenvalue weighted by Crippen LogP contribution is 2.23. The number of piperidine rings is 1. The molecule has 136 valence electrons. The molecule has 1 aliphatic carbocycles. The third kappa shape index (κ3) is 7.59. The minimum Gasteiger partial charge on any atom is -0.356 e. The van der Waals surface area contributed by atoms with Crippen molar-refractivity contribution in [1.82, 2.24) is 15.5 Å². The van der Waals surface area contributed by atoms with Gasteiger partial charge in [0.25, 0.3) is 0 Å². The number of aliphatic imine (C=N–C) groups is 1. The van der Waals surface area contributed by atoms with Crippen LogP contribution in [0.1, 0.15) is 58.8 Å². The summed E-state index contributed by atoms with van der Waals surface area (Å²) in [6.45, 7) is 9.47. The second-order valence-electron chi connectivity index (χ2n) is 7.27. The van der Waals surface area contributed by atoms with Crippen molar-refractivity contribution in [3.8, 4) is 0 Å². The van der Waals surface area contributed by atoms with Crippen molar-refractivity contribution < 1.29 is 0 Å². The van der Waals surface area contributed by atoms with Gasteiger partial charge in [0.15, 0.2) is 5.96 Å². The largest absolute Gasteiger partial charge is 0.356 e. The zero-order valence-corrected chi connectivity index (χ0v) is 17.6. The van der Waals surface area contributed by atoms with E-state index in [-0.39, 0.29) is 24.0 Å². The van der Waals surface area contributed by atoms with Gasteiger partial charge in [-0.1, -0.05) is 13.8 Å². The van der Waals surface area contributed by atoms with E-state index < -0.39 is 0 Å². The normalized spacial score (nSPS) is 27.3. The summed E-state index contributed by atoms with van der Waals surface area (Å²) in [4.78, 5) is 6.96. The van der Waals surface area contributed by atoms with Gasteiger partial charge in [-0.3, -0.25) is 4.99 Å². The molecule has 0 aromatic heterocycles. The van der Waals surface area contributed by atoms with Crippen LogP contribution in [-0.4, -0.2) is 50.1 Å². The SMILES string of the molecule is CCN1CCC(CCNC(=NC)NC2CCC(C)CC2)CC1.I. The molecule has 1 heterocycles. The van der Waals surface area contributed by atoms with E-state index in [1.54, 1.807) is 0 Å². The highest BCUT2D eigenvalue weighted by atomic mass is 127. The third-order valence-corrected chi connectivity index (χ3v) is 5.58. The Labute approximate surface area is 160 Å². The fourth-order valence-corrected chi connectivity index (χ4v) is 3.78. The Kier molecular flexibility index (Phi) is 10.5. The number of halogens is 1. The first-order chi connectivity index (χ1) is 10.7. The molecule has 4 nitrogen and oxygen atoms in total. The summed E-state index contributed by atoms with van der Waals surface area (Å²) < 4.78 is 0. The van der Waals surface area contributed by atoms with Gasteiger partial charge < -0.3 is 15.5 Å². The lowest BCUT2D eigenvalue weighted by Crippen LogP contribution is -2.45. The van der Waals surface area contributed by atoms with Crippen LogP contribution in [-0.2, 0) is 0 Å². The maximum Gasteiger partial charge on any atom is 0.191 e. The molecule has 0 aromatic rings. The smallest absolute Gasteiger partial charge is 0.191 e. The van der Waals surface area contributed by atoms with Gasteiger partial charge >= 0.3 is 0 Å². The number of likely N-dealkylation sites (tertiary alicyclic amines) is 1. The van der Waals surface area contributed by atoms with Crippen LogP contribution >= 0.6 is 24.0 Å². The predicted octanol–water partition coefficient (Wildman–Crippen LogP) is 3.47. The summed E-state index contributed by atoms with van der Waals surface area (Å²) in [5.41, 5.74) is 0. The number of guanidine groups is 1. The van der Waals surface area contributed by atoms with Crippen molar-refractivity contribution in [1.29, 1.82) is 0 Å². The van der Waals surface area contributed by atoms with Gasteiger partial charge in [-0.25, -0.2) is 0 Å². The monoisotopic (exact) mass is 436 g/mol. The summed E-state index contributed by atoms with van der Waals surface area (Å²) in [6, 6.07) is 0.621. The maximum atomic E-state index is 4.40. The molecule has 0 bridgehead atoms. The van der Waals surface area contributed by atoms with E-state index in [0.717, 1.165) is 24.3 Å². The Bertz CT molecular complexity index is 332. The molecule has 0 atom stereocenters. The molecule has 1 saturated carbocycles. The lowest BCUT2D eigenvalue weighted by atomic mass is 9.87. The Hall–Kier alpha value is -0.0400. The number of hydrogen-bond donors (Lipinski definition) is 2. The van der Waals surface area contributed by atoms with E-state index in [4.69, 9.17) is 0 Å². The lowest BCUT2D eigenvalue weighted by Gasteiger charge is -2.31. The van der Waals surface area contributed by atoms with Crippen LogP contribution in [0.4, 0.5) is 0 Å². The lowest BCUT2D eigenvalue weighted by molar-refractivity contribution is 0.187. The Balaban J connectivity index is 0.00000264. The molecule has 2 aliphatic rings. The molecular formula is C18H37IN4. The van der Waals surface area contributed by atoms with Gasteiger partial charge in [0.05, 0.1) is 0 Å². The van der Waals surface area contributed by atoms with Crippen LogP contribution in [0.15, 0.2) is 4.99 Å². The molecule has 2 fully saturated rings. The molecule has 0 spiro atoms. The molecule has 0 unspecified atom stereocenters. The summed E-state index contributed by atoms with van der Waals surface area (Å²) in [6.07, 6.45) is 9.29. The zero-order chi connectivity index (χ0) is 15.8. The highest BCUT2D eigenvalue weighted by molar-refractivity contribution is 14.0. The first-order valence-corrected chi connectivity index (χ1v) is 9.40. The number of nitrogens with one attached hydrogen (secondary N) is 2. The third-order valence-electron chi connectivity index (χ3n) is 5.58. The van der Waals surface area contributed by atoms with Gasteiger partial charge in [0, 0.05) is 19.6 Å². The summed E-state index contributed by atoms with van der Waals surface area (Å²) in [7, 11) is 1.89. The maximum absolute atomic E-state index is 4.40. The molecule has 0 aromatic carbocycles. The van der Waals surface area contributed by atoms with Crippen LogP contribution in [0.2, 0.25) is 0 Å². The quantitative estimate of drug-likeness (QED) is 0.394. The molecule has 5 heteroatoms. The van der Waals surface area contributed by atoms with Crippen LogP contribution in [0.5, 0.6) is 0 Å². The second kappa shape index (κ2) is 11.5. The number of nitrogens with zero attached hydrogens (tertiary/aromatic N) is 2. The van der Waals surface area contributed by atoms with Gasteiger partial charge in [-0.05, 0) is 76.4 Å². The van der Waals surface area contributed by atoms with Crippen molar-refractivity contribution >= 4 is 29.9 Å². The zero-order valence-electron chi connectivity index (χ0n) is 15.3. The standard InChI is InChI=1S/C18H36N4.HI/c1-4-22-13-10-16(11-14-22)9-12-20-18(19-3)21-17-7-5-15(2)6-8-17;/h15-17H,4-14H2,1-3H3,(H2,19,20,21);1H. The topological polar surface area (TPSA) is 39.7 Å². The van der Waals surface area contributed by atoms with E-state index in [2.05, 4.69) is 34.4 Å². The van der Waals surface area contributed by atoms with Crippen LogP contribution in [0, 0.1) is 11.8 Å². The van der Waals surface area contributed by atoms with Gasteiger partial charge in [0.2, 0.25) is 0 Å². The first kappa shape index (κ1) is 21.0. The Morgan fingerprint density at radius 2 is 1.74 bits per heavy atom. The van der Waals surface area contributed by atoms with Crippen LogP contribution in [0.3, 0.4) is 0 Å². The van der Waals surface area contributed by atoms with Gasteiger partial charge in [-0.2, -0.15) is 0 Å². The van der Waals surface area contributed by atoms with Gasteiger partial charge in [0.1, 0.15) is 0 Å². The minimum absolute atomic E-state index is 0. The van der Waals surface area contributed by atoms with Crippen molar-refractivity contribution in [3.63, 3.8) is 0 Å². The van der Waals surface area contributed by atoms with E-state index >= 15 is 0 Å².